The summed E-state index contributed by atoms with van der Waals surface area (Å²) in [4.78, 5) is 25.0. The summed E-state index contributed by atoms with van der Waals surface area (Å²) >= 11 is 0. The minimum absolute atomic E-state index is 0.0178. The zero-order chi connectivity index (χ0) is 20.3. The number of hydrogen-bond donors (Lipinski definition) is 1. The average Bonchev–Trinajstić information content (AvgIpc) is 3.11. The van der Waals surface area contributed by atoms with Crippen molar-refractivity contribution in [1.82, 2.24) is 4.31 Å². The van der Waals surface area contributed by atoms with Crippen molar-refractivity contribution in [2.24, 2.45) is 0 Å². The van der Waals surface area contributed by atoms with Crippen LogP contribution >= 0.6 is 0 Å². The molecule has 3 rings (SSSR count). The Hall–Kier alpha value is -3.07. The normalized spacial score (nSPS) is 16.7. The maximum Gasteiger partial charge on any atom is 0.267 e. The van der Waals surface area contributed by atoms with E-state index in [1.54, 1.807) is 36.4 Å². The lowest BCUT2D eigenvalue weighted by Crippen LogP contribution is -2.45. The Bertz CT molecular complexity index is 991. The van der Waals surface area contributed by atoms with Crippen molar-refractivity contribution in [2.45, 2.75) is 23.8 Å². The van der Waals surface area contributed by atoms with E-state index < -0.39 is 27.9 Å². The first-order valence-electron chi connectivity index (χ1n) is 8.53. The van der Waals surface area contributed by atoms with Crippen LogP contribution in [0.1, 0.15) is 12.8 Å². The van der Waals surface area contributed by atoms with Gasteiger partial charge in [-0.3, -0.25) is 9.59 Å². The van der Waals surface area contributed by atoms with Crippen LogP contribution in [0.5, 0.6) is 11.5 Å². The molecule has 1 atom stereocenters. The Balaban J connectivity index is 1.86. The molecule has 148 valence electrons. The number of nitrogens with one attached hydrogen (secondary N) is 1. The number of carbonyl (C=O) groups excluding carboxylic acids is 2. The minimum Gasteiger partial charge on any atom is -0.493 e. The predicted molar refractivity (Wildman–Crippen MR) is 102 cm³/mol. The summed E-state index contributed by atoms with van der Waals surface area (Å²) < 4.78 is 36.8. The zero-order valence-corrected chi connectivity index (χ0v) is 16.2. The van der Waals surface area contributed by atoms with Gasteiger partial charge < -0.3 is 14.8 Å². The molecule has 2 aromatic rings. The molecule has 1 aliphatic rings. The van der Waals surface area contributed by atoms with Crippen molar-refractivity contribution in [1.29, 1.82) is 0 Å². The molecule has 0 spiro atoms. The summed E-state index contributed by atoms with van der Waals surface area (Å²) in [5, 5.41) is 2.65. The summed E-state index contributed by atoms with van der Waals surface area (Å²) in [5.41, 5.74) is 0.402. The summed E-state index contributed by atoms with van der Waals surface area (Å²) in [5.74, 6) is -0.282. The third kappa shape index (κ3) is 3.65. The van der Waals surface area contributed by atoms with Crippen LogP contribution in [0.3, 0.4) is 0 Å². The summed E-state index contributed by atoms with van der Waals surface area (Å²) in [6.07, 6.45) is 0.0973. The Kier molecular flexibility index (Phi) is 5.55. The molecule has 0 aromatic heterocycles. The van der Waals surface area contributed by atoms with Crippen molar-refractivity contribution in [3.05, 3.63) is 48.5 Å². The molecule has 2 aromatic carbocycles. The molecule has 0 unspecified atom stereocenters. The van der Waals surface area contributed by atoms with Crippen LogP contribution in [0.15, 0.2) is 53.4 Å². The van der Waals surface area contributed by atoms with Crippen LogP contribution in [0.2, 0.25) is 0 Å². The molecule has 1 saturated heterocycles. The number of sulfonamides is 1. The van der Waals surface area contributed by atoms with Crippen molar-refractivity contribution in [2.75, 3.05) is 19.5 Å². The molecule has 0 radical (unpaired) electrons. The topological polar surface area (TPSA) is 102 Å². The second-order valence-electron chi connectivity index (χ2n) is 6.12. The van der Waals surface area contributed by atoms with Gasteiger partial charge in [-0.2, -0.15) is 0 Å². The highest BCUT2D eigenvalue weighted by Crippen LogP contribution is 2.31. The van der Waals surface area contributed by atoms with E-state index in [0.717, 1.165) is 0 Å². The van der Waals surface area contributed by atoms with Gasteiger partial charge in [-0.05, 0) is 30.7 Å². The molecular weight excluding hydrogens is 384 g/mol. The zero-order valence-electron chi connectivity index (χ0n) is 15.4. The number of amides is 2. The minimum atomic E-state index is -4.12. The quantitative estimate of drug-likeness (QED) is 0.790. The molecule has 1 N–H and O–H groups in total. The first-order valence-corrected chi connectivity index (χ1v) is 9.97. The van der Waals surface area contributed by atoms with Gasteiger partial charge in [-0.25, -0.2) is 12.7 Å². The van der Waals surface area contributed by atoms with Gasteiger partial charge >= 0.3 is 0 Å². The molecule has 0 aliphatic carbocycles. The van der Waals surface area contributed by atoms with E-state index in [9.17, 15) is 18.0 Å². The Morgan fingerprint density at radius 3 is 2.39 bits per heavy atom. The lowest BCUT2D eigenvalue weighted by Gasteiger charge is -2.23. The summed E-state index contributed by atoms with van der Waals surface area (Å²) in [7, 11) is -1.16. The summed E-state index contributed by atoms with van der Waals surface area (Å²) in [6, 6.07) is 11.2. The Morgan fingerprint density at radius 2 is 1.75 bits per heavy atom. The first kappa shape index (κ1) is 19.7. The molecule has 2 amide bonds. The third-order valence-corrected chi connectivity index (χ3v) is 6.26. The SMILES string of the molecule is COc1ccc(NC(=O)[C@@H]2CCC(=O)N2S(=O)(=O)c2ccccc2)cc1OC. The fraction of sp³-hybridized carbons (Fsp3) is 0.263. The molecule has 28 heavy (non-hydrogen) atoms. The van der Waals surface area contributed by atoms with Gasteiger partial charge in [0.15, 0.2) is 11.5 Å². The number of anilines is 1. The van der Waals surface area contributed by atoms with Crippen LogP contribution < -0.4 is 14.8 Å². The van der Waals surface area contributed by atoms with Gasteiger partial charge in [0.2, 0.25) is 11.8 Å². The molecule has 1 aliphatic heterocycles. The lowest BCUT2D eigenvalue weighted by molar-refractivity contribution is -0.128. The highest BCUT2D eigenvalue weighted by atomic mass is 32.2. The predicted octanol–water partition coefficient (Wildman–Crippen LogP) is 2.02. The van der Waals surface area contributed by atoms with Crippen LogP contribution in [0.4, 0.5) is 5.69 Å². The van der Waals surface area contributed by atoms with Crippen LogP contribution in [0.25, 0.3) is 0 Å². The molecule has 1 heterocycles. The molecule has 0 bridgehead atoms. The average molecular weight is 404 g/mol. The van der Waals surface area contributed by atoms with E-state index in [1.807, 2.05) is 0 Å². The van der Waals surface area contributed by atoms with Crippen LogP contribution in [0, 0.1) is 0 Å². The van der Waals surface area contributed by atoms with E-state index in [-0.39, 0.29) is 17.7 Å². The van der Waals surface area contributed by atoms with Gasteiger partial charge in [0.05, 0.1) is 19.1 Å². The highest BCUT2D eigenvalue weighted by molar-refractivity contribution is 7.89. The van der Waals surface area contributed by atoms with Crippen molar-refractivity contribution < 1.29 is 27.5 Å². The fourth-order valence-corrected chi connectivity index (χ4v) is 4.67. The molecule has 8 nitrogen and oxygen atoms in total. The van der Waals surface area contributed by atoms with Gasteiger partial charge in [-0.15, -0.1) is 0 Å². The first-order chi connectivity index (χ1) is 13.4. The third-order valence-electron chi connectivity index (χ3n) is 4.41. The van der Waals surface area contributed by atoms with E-state index >= 15 is 0 Å². The van der Waals surface area contributed by atoms with E-state index in [0.29, 0.717) is 21.5 Å². The number of carbonyl (C=O) groups is 2. The van der Waals surface area contributed by atoms with Crippen molar-refractivity contribution in [3.8, 4) is 11.5 Å². The maximum atomic E-state index is 12.9. The number of nitrogens with zero attached hydrogens (tertiary/aromatic N) is 1. The van der Waals surface area contributed by atoms with E-state index in [4.69, 9.17) is 9.47 Å². The largest absolute Gasteiger partial charge is 0.493 e. The Labute approximate surface area is 163 Å². The number of methoxy groups -OCH3 is 2. The van der Waals surface area contributed by atoms with E-state index in [2.05, 4.69) is 5.32 Å². The smallest absolute Gasteiger partial charge is 0.267 e. The van der Waals surface area contributed by atoms with Gasteiger partial charge in [-0.1, -0.05) is 18.2 Å². The van der Waals surface area contributed by atoms with Crippen molar-refractivity contribution >= 4 is 27.5 Å². The summed E-state index contributed by atoms with van der Waals surface area (Å²) in [6.45, 7) is 0. The maximum absolute atomic E-state index is 12.9. The second kappa shape index (κ2) is 7.89. The standard InChI is InChI=1S/C19H20N2O6S/c1-26-16-10-8-13(12-17(16)27-2)20-19(23)15-9-11-18(22)21(15)28(24,25)14-6-4-3-5-7-14/h3-8,10,12,15H,9,11H2,1-2H3,(H,20,23)/t15-/m0/s1. The second-order valence-corrected chi connectivity index (χ2v) is 7.94. The van der Waals surface area contributed by atoms with Crippen LogP contribution in [-0.2, 0) is 19.6 Å². The fourth-order valence-electron chi connectivity index (χ4n) is 3.05. The Morgan fingerprint density at radius 1 is 1.07 bits per heavy atom. The molecule has 0 saturated carbocycles. The van der Waals surface area contributed by atoms with Gasteiger partial charge in [0, 0.05) is 18.2 Å². The molecular formula is C19H20N2O6S. The number of benzene rings is 2. The lowest BCUT2D eigenvalue weighted by atomic mass is 10.2. The monoisotopic (exact) mass is 404 g/mol. The molecule has 9 heteroatoms. The van der Waals surface area contributed by atoms with Crippen LogP contribution in [-0.4, -0.2) is 44.8 Å². The van der Waals surface area contributed by atoms with Gasteiger partial charge in [0.25, 0.3) is 10.0 Å². The van der Waals surface area contributed by atoms with Gasteiger partial charge in [0.1, 0.15) is 6.04 Å². The van der Waals surface area contributed by atoms with E-state index in [1.165, 1.54) is 26.4 Å². The molecule has 1 fully saturated rings. The number of ether oxygens (including phenoxy) is 2. The number of hydrogen-bond acceptors (Lipinski definition) is 6. The van der Waals surface area contributed by atoms with Crippen molar-refractivity contribution in [3.63, 3.8) is 0 Å². The highest BCUT2D eigenvalue weighted by Gasteiger charge is 2.44. The number of rotatable bonds is 6.